The molecule has 1 fully saturated rings. The number of carboxylic acid groups (broad SMARTS) is 1. The number of aliphatic carboxylic acids is 1. The molecule has 0 bridgehead atoms. The Bertz CT molecular complexity index is 964. The van der Waals surface area contributed by atoms with Gasteiger partial charge in [0.25, 0.3) is 5.89 Å². The molecule has 9 nitrogen and oxygen atoms in total. The zero-order chi connectivity index (χ0) is 19.5. The van der Waals surface area contributed by atoms with Gasteiger partial charge in [-0.25, -0.2) is 9.97 Å². The van der Waals surface area contributed by atoms with Crippen LogP contribution in [0.4, 0.5) is 5.82 Å². The summed E-state index contributed by atoms with van der Waals surface area (Å²) < 4.78 is 10.6. The third-order valence-electron chi connectivity index (χ3n) is 4.84. The molecule has 0 radical (unpaired) electrons. The van der Waals surface area contributed by atoms with Gasteiger partial charge in [0.1, 0.15) is 23.5 Å². The molecule has 9 heteroatoms. The van der Waals surface area contributed by atoms with Crippen molar-refractivity contribution < 1.29 is 19.2 Å². The molecule has 1 N–H and O–H groups in total. The van der Waals surface area contributed by atoms with Gasteiger partial charge < -0.3 is 19.3 Å². The van der Waals surface area contributed by atoms with Crippen LogP contribution in [0.2, 0.25) is 0 Å². The SMILES string of the molecule is COc1ccc(-c2noc(-c3cncnc3N3CCC(C(=O)O)CC3)n2)cc1. The molecule has 2 aromatic heterocycles. The highest BCUT2D eigenvalue weighted by molar-refractivity contribution is 5.72. The van der Waals surface area contributed by atoms with Gasteiger partial charge in [-0.2, -0.15) is 4.98 Å². The molecular weight excluding hydrogens is 362 g/mol. The Labute approximate surface area is 161 Å². The summed E-state index contributed by atoms with van der Waals surface area (Å²) in [5, 5.41) is 13.2. The van der Waals surface area contributed by atoms with E-state index in [0.717, 1.165) is 11.3 Å². The number of methoxy groups -OCH3 is 1. The molecular formula is C19H19N5O4. The van der Waals surface area contributed by atoms with Crippen LogP contribution in [0.15, 0.2) is 41.3 Å². The second kappa shape index (κ2) is 7.63. The maximum Gasteiger partial charge on any atom is 0.306 e. The van der Waals surface area contributed by atoms with E-state index in [1.165, 1.54) is 6.33 Å². The van der Waals surface area contributed by atoms with Crippen molar-refractivity contribution in [2.75, 3.05) is 25.1 Å². The second-order valence-corrected chi connectivity index (χ2v) is 6.51. The summed E-state index contributed by atoms with van der Waals surface area (Å²) in [5.74, 6) is 1.13. The van der Waals surface area contributed by atoms with Gasteiger partial charge in [0.2, 0.25) is 5.82 Å². The van der Waals surface area contributed by atoms with E-state index in [9.17, 15) is 9.90 Å². The first-order valence-corrected chi connectivity index (χ1v) is 8.92. The van der Waals surface area contributed by atoms with Gasteiger partial charge in [-0.3, -0.25) is 4.79 Å². The summed E-state index contributed by atoms with van der Waals surface area (Å²) in [5.41, 5.74) is 1.43. The molecule has 3 heterocycles. The lowest BCUT2D eigenvalue weighted by atomic mass is 9.97. The molecule has 0 aliphatic carbocycles. The number of hydrogen-bond donors (Lipinski definition) is 1. The van der Waals surface area contributed by atoms with Gasteiger partial charge in [-0.15, -0.1) is 0 Å². The lowest BCUT2D eigenvalue weighted by Crippen LogP contribution is -2.37. The molecule has 3 aromatic rings. The number of ether oxygens (including phenoxy) is 1. The predicted molar refractivity (Wildman–Crippen MR) is 99.9 cm³/mol. The van der Waals surface area contributed by atoms with E-state index in [1.807, 2.05) is 29.2 Å². The van der Waals surface area contributed by atoms with Crippen LogP contribution in [-0.4, -0.2) is 51.4 Å². The fraction of sp³-hybridized carbons (Fsp3) is 0.316. The Kier molecular flexibility index (Phi) is 4.88. The number of anilines is 1. The minimum Gasteiger partial charge on any atom is -0.497 e. The highest BCUT2D eigenvalue weighted by Crippen LogP contribution is 2.31. The van der Waals surface area contributed by atoms with Crippen molar-refractivity contribution in [3.05, 3.63) is 36.8 Å². The molecule has 28 heavy (non-hydrogen) atoms. The molecule has 1 aliphatic rings. The number of rotatable bonds is 5. The van der Waals surface area contributed by atoms with Crippen molar-refractivity contribution in [1.29, 1.82) is 0 Å². The molecule has 0 amide bonds. The van der Waals surface area contributed by atoms with Crippen LogP contribution < -0.4 is 9.64 Å². The number of aromatic nitrogens is 4. The zero-order valence-corrected chi connectivity index (χ0v) is 15.3. The molecule has 1 aliphatic heterocycles. The molecule has 1 aromatic carbocycles. The van der Waals surface area contributed by atoms with Crippen molar-refractivity contribution in [2.45, 2.75) is 12.8 Å². The first-order chi connectivity index (χ1) is 13.7. The molecule has 0 spiro atoms. The minimum atomic E-state index is -0.747. The Morgan fingerprint density at radius 3 is 2.68 bits per heavy atom. The first kappa shape index (κ1) is 17.9. The normalized spacial score (nSPS) is 14.8. The smallest absolute Gasteiger partial charge is 0.306 e. The van der Waals surface area contributed by atoms with Crippen LogP contribution in [-0.2, 0) is 4.79 Å². The fourth-order valence-electron chi connectivity index (χ4n) is 3.25. The van der Waals surface area contributed by atoms with Crippen LogP contribution in [0.1, 0.15) is 12.8 Å². The third-order valence-corrected chi connectivity index (χ3v) is 4.84. The van der Waals surface area contributed by atoms with Crippen LogP contribution in [0, 0.1) is 5.92 Å². The summed E-state index contributed by atoms with van der Waals surface area (Å²) in [6, 6.07) is 7.36. The maximum atomic E-state index is 11.2. The first-order valence-electron chi connectivity index (χ1n) is 8.92. The summed E-state index contributed by atoms with van der Waals surface area (Å²) in [6.45, 7) is 1.20. The quantitative estimate of drug-likeness (QED) is 0.712. The van der Waals surface area contributed by atoms with Gasteiger partial charge in [-0.05, 0) is 37.1 Å². The number of piperidine rings is 1. The Morgan fingerprint density at radius 2 is 2.00 bits per heavy atom. The molecule has 0 saturated carbocycles. The highest BCUT2D eigenvalue weighted by Gasteiger charge is 2.27. The van der Waals surface area contributed by atoms with Gasteiger partial charge in [-0.1, -0.05) is 5.16 Å². The molecule has 1 saturated heterocycles. The van der Waals surface area contributed by atoms with Gasteiger partial charge in [0, 0.05) is 24.8 Å². The zero-order valence-electron chi connectivity index (χ0n) is 15.3. The topological polar surface area (TPSA) is 114 Å². The van der Waals surface area contributed by atoms with Crippen molar-refractivity contribution in [2.24, 2.45) is 5.92 Å². The average Bonchev–Trinajstić information content (AvgIpc) is 3.24. The standard InChI is InChI=1S/C19H19N5O4/c1-27-14-4-2-12(3-5-14)16-22-18(28-23-16)15-10-20-11-21-17(15)24-8-6-13(7-9-24)19(25)26/h2-5,10-11,13H,6-9H2,1H3,(H,25,26). The number of hydrogen-bond acceptors (Lipinski definition) is 8. The van der Waals surface area contributed by atoms with E-state index in [-0.39, 0.29) is 5.92 Å². The van der Waals surface area contributed by atoms with E-state index >= 15 is 0 Å². The van der Waals surface area contributed by atoms with Crippen LogP contribution in [0.3, 0.4) is 0 Å². The molecule has 4 rings (SSSR count). The van der Waals surface area contributed by atoms with Gasteiger partial charge in [0.15, 0.2) is 0 Å². The number of carboxylic acids is 1. The number of benzene rings is 1. The second-order valence-electron chi connectivity index (χ2n) is 6.51. The van der Waals surface area contributed by atoms with E-state index < -0.39 is 5.97 Å². The van der Waals surface area contributed by atoms with E-state index in [0.29, 0.717) is 49.0 Å². The van der Waals surface area contributed by atoms with Crippen molar-refractivity contribution >= 4 is 11.8 Å². The van der Waals surface area contributed by atoms with Crippen molar-refractivity contribution in [3.63, 3.8) is 0 Å². The number of nitrogens with zero attached hydrogens (tertiary/aromatic N) is 5. The summed E-state index contributed by atoms with van der Waals surface area (Å²) >= 11 is 0. The Hall–Kier alpha value is -3.49. The monoisotopic (exact) mass is 381 g/mol. The largest absolute Gasteiger partial charge is 0.497 e. The minimum absolute atomic E-state index is 0.313. The van der Waals surface area contributed by atoms with Gasteiger partial charge >= 0.3 is 5.97 Å². The van der Waals surface area contributed by atoms with Gasteiger partial charge in [0.05, 0.1) is 13.0 Å². The number of carbonyl (C=O) groups is 1. The van der Waals surface area contributed by atoms with Crippen molar-refractivity contribution in [1.82, 2.24) is 20.1 Å². The van der Waals surface area contributed by atoms with Crippen LogP contribution >= 0.6 is 0 Å². The van der Waals surface area contributed by atoms with E-state index in [2.05, 4.69) is 20.1 Å². The summed E-state index contributed by atoms with van der Waals surface area (Å²) in [7, 11) is 1.61. The van der Waals surface area contributed by atoms with E-state index in [4.69, 9.17) is 9.26 Å². The molecule has 144 valence electrons. The molecule has 0 atom stereocenters. The van der Waals surface area contributed by atoms with Crippen LogP contribution in [0.25, 0.3) is 22.8 Å². The Morgan fingerprint density at radius 1 is 1.25 bits per heavy atom. The van der Waals surface area contributed by atoms with E-state index in [1.54, 1.807) is 13.3 Å². The fourth-order valence-corrected chi connectivity index (χ4v) is 3.25. The predicted octanol–water partition coefficient (Wildman–Crippen LogP) is 2.50. The maximum absolute atomic E-state index is 11.2. The highest BCUT2D eigenvalue weighted by atomic mass is 16.5. The third kappa shape index (κ3) is 3.51. The lowest BCUT2D eigenvalue weighted by molar-refractivity contribution is -0.142. The summed E-state index contributed by atoms with van der Waals surface area (Å²) in [6.07, 6.45) is 4.24. The van der Waals surface area contributed by atoms with Crippen molar-refractivity contribution in [3.8, 4) is 28.6 Å². The lowest BCUT2D eigenvalue weighted by Gasteiger charge is -2.31. The Balaban J connectivity index is 1.59. The van der Waals surface area contributed by atoms with Crippen LogP contribution in [0.5, 0.6) is 5.75 Å². The summed E-state index contributed by atoms with van der Waals surface area (Å²) in [4.78, 5) is 26.2. The average molecular weight is 381 g/mol. The molecule has 0 unspecified atom stereocenters.